The predicted molar refractivity (Wildman–Crippen MR) is 114 cm³/mol. The van der Waals surface area contributed by atoms with E-state index >= 15 is 0 Å². The zero-order chi connectivity index (χ0) is 21.5. The van der Waals surface area contributed by atoms with Crippen LogP contribution in [0.1, 0.15) is 31.7 Å². The number of nitrogens with zero attached hydrogens (tertiary/aromatic N) is 2. The molecule has 2 aromatic carbocycles. The Balaban J connectivity index is 1.62. The minimum Gasteiger partial charge on any atom is -0.497 e. The van der Waals surface area contributed by atoms with E-state index in [0.29, 0.717) is 19.5 Å². The number of rotatable bonds is 5. The van der Waals surface area contributed by atoms with Crippen molar-refractivity contribution < 1.29 is 19.4 Å². The first-order chi connectivity index (χ1) is 14.4. The van der Waals surface area contributed by atoms with E-state index in [2.05, 4.69) is 24.3 Å². The Morgan fingerprint density at radius 1 is 1.13 bits per heavy atom. The maximum atomic E-state index is 12.3. The summed E-state index contributed by atoms with van der Waals surface area (Å²) in [5.41, 5.74) is 2.81. The zero-order valence-corrected chi connectivity index (χ0v) is 17.7. The molecule has 0 radical (unpaired) electrons. The van der Waals surface area contributed by atoms with E-state index in [1.807, 2.05) is 31.2 Å². The van der Waals surface area contributed by atoms with Gasteiger partial charge in [-0.05, 0) is 28.8 Å². The first-order valence-electron chi connectivity index (χ1n) is 10.4. The minimum atomic E-state index is -0.415. The summed E-state index contributed by atoms with van der Waals surface area (Å²) in [4.78, 5) is 28.0. The molecule has 2 fully saturated rings. The molecule has 0 aliphatic carbocycles. The number of benzene rings is 2. The summed E-state index contributed by atoms with van der Waals surface area (Å²) in [6.07, 6.45) is 0.458. The summed E-state index contributed by atoms with van der Waals surface area (Å²) in [7, 11) is 1.65. The molecule has 1 N–H and O–H groups in total. The Morgan fingerprint density at radius 3 is 2.40 bits per heavy atom. The van der Waals surface area contributed by atoms with Crippen LogP contribution in [0.25, 0.3) is 11.1 Å². The Labute approximate surface area is 177 Å². The Hall–Kier alpha value is -2.86. The average molecular weight is 408 g/mol. The molecule has 2 amide bonds. The van der Waals surface area contributed by atoms with E-state index in [0.717, 1.165) is 22.4 Å². The topological polar surface area (TPSA) is 70.1 Å². The van der Waals surface area contributed by atoms with Crippen molar-refractivity contribution in [1.82, 2.24) is 9.80 Å². The Bertz CT molecular complexity index is 950. The Kier molecular flexibility index (Phi) is 5.28. The summed E-state index contributed by atoms with van der Waals surface area (Å²) >= 11 is 0. The fourth-order valence-corrected chi connectivity index (χ4v) is 5.22. The molecule has 2 atom stereocenters. The number of methoxy groups -OCH3 is 1. The van der Waals surface area contributed by atoms with Crippen LogP contribution in [-0.2, 0) is 9.59 Å². The van der Waals surface area contributed by atoms with E-state index in [9.17, 15) is 14.7 Å². The number of hydrogen-bond donors (Lipinski definition) is 1. The molecule has 0 bridgehead atoms. The van der Waals surface area contributed by atoms with Gasteiger partial charge >= 0.3 is 0 Å². The third-order valence-electron chi connectivity index (χ3n) is 6.56. The molecular formula is C24H28N2O4. The molecule has 0 unspecified atom stereocenters. The fourth-order valence-electron chi connectivity index (χ4n) is 5.22. The molecule has 158 valence electrons. The number of likely N-dealkylation sites (tertiary alicyclic amines) is 2. The maximum Gasteiger partial charge on any atom is 0.222 e. The summed E-state index contributed by atoms with van der Waals surface area (Å²) < 4.78 is 5.32. The van der Waals surface area contributed by atoms with Gasteiger partial charge < -0.3 is 19.6 Å². The molecule has 0 saturated carbocycles. The standard InChI is InChI=1S/C24H28N2O4/c1-4-22(29)25-14-24(15-25)23(21(13-27)26(24)16(2)28)18-10-8-17(9-11-18)19-6-5-7-20(12-19)30-3/h5-12,21,23,27H,4,13-15H2,1-3H3/t21-,23-/m1/s1. The molecule has 2 saturated heterocycles. The third kappa shape index (κ3) is 3.06. The van der Waals surface area contributed by atoms with Gasteiger partial charge in [-0.1, -0.05) is 43.3 Å². The van der Waals surface area contributed by atoms with Crippen molar-refractivity contribution in [3.05, 3.63) is 54.1 Å². The lowest BCUT2D eigenvalue weighted by molar-refractivity contribution is -0.201. The molecule has 6 heteroatoms. The second-order valence-electron chi connectivity index (χ2n) is 8.18. The summed E-state index contributed by atoms with van der Waals surface area (Å²) in [5.74, 6) is 0.861. The second-order valence-corrected chi connectivity index (χ2v) is 8.18. The first-order valence-corrected chi connectivity index (χ1v) is 10.4. The average Bonchev–Trinajstić information content (AvgIpc) is 2.72. The van der Waals surface area contributed by atoms with Gasteiger partial charge in [-0.25, -0.2) is 0 Å². The monoisotopic (exact) mass is 408 g/mol. The van der Waals surface area contributed by atoms with E-state index in [4.69, 9.17) is 4.74 Å². The van der Waals surface area contributed by atoms with Crippen LogP contribution in [0, 0.1) is 0 Å². The summed E-state index contributed by atoms with van der Waals surface area (Å²) in [6.45, 7) is 4.35. The smallest absolute Gasteiger partial charge is 0.222 e. The number of ether oxygens (including phenoxy) is 1. The van der Waals surface area contributed by atoms with E-state index in [1.54, 1.807) is 16.9 Å². The van der Waals surface area contributed by atoms with Gasteiger partial charge in [0.25, 0.3) is 0 Å². The van der Waals surface area contributed by atoms with Crippen molar-refractivity contribution in [2.75, 3.05) is 26.8 Å². The fraction of sp³-hybridized carbons (Fsp3) is 0.417. The number of amides is 2. The normalized spacial score (nSPS) is 21.7. The highest BCUT2D eigenvalue weighted by Gasteiger charge is 2.67. The second kappa shape index (κ2) is 7.76. The Morgan fingerprint density at radius 2 is 1.83 bits per heavy atom. The van der Waals surface area contributed by atoms with Gasteiger partial charge in [0.15, 0.2) is 0 Å². The molecule has 1 spiro atoms. The van der Waals surface area contributed by atoms with Crippen LogP contribution in [0.2, 0.25) is 0 Å². The molecular weight excluding hydrogens is 380 g/mol. The minimum absolute atomic E-state index is 0.00617. The van der Waals surface area contributed by atoms with Gasteiger partial charge in [0.1, 0.15) is 5.75 Å². The van der Waals surface area contributed by atoms with Crippen LogP contribution in [0.3, 0.4) is 0 Å². The number of aliphatic hydroxyl groups is 1. The van der Waals surface area contributed by atoms with Crippen LogP contribution in [0.4, 0.5) is 0 Å². The SMILES string of the molecule is CCC(=O)N1CC2(C1)[C@H](c1ccc(-c3cccc(OC)c3)cc1)[C@@H](CO)N2C(C)=O. The highest BCUT2D eigenvalue weighted by Crippen LogP contribution is 2.54. The maximum absolute atomic E-state index is 12.3. The van der Waals surface area contributed by atoms with Crippen molar-refractivity contribution in [1.29, 1.82) is 0 Å². The van der Waals surface area contributed by atoms with Gasteiger partial charge in [-0.3, -0.25) is 9.59 Å². The van der Waals surface area contributed by atoms with Gasteiger partial charge in [0.05, 0.1) is 25.3 Å². The largest absolute Gasteiger partial charge is 0.497 e. The summed E-state index contributed by atoms with van der Waals surface area (Å²) in [6, 6.07) is 15.9. The lowest BCUT2D eigenvalue weighted by atomic mass is 9.60. The van der Waals surface area contributed by atoms with Crippen LogP contribution < -0.4 is 4.74 Å². The van der Waals surface area contributed by atoms with Gasteiger partial charge in [-0.2, -0.15) is 0 Å². The molecule has 0 aromatic heterocycles. The van der Waals surface area contributed by atoms with E-state index < -0.39 is 5.54 Å². The van der Waals surface area contributed by atoms with E-state index in [1.165, 1.54) is 6.92 Å². The number of hydrogen-bond acceptors (Lipinski definition) is 4. The molecule has 2 aromatic rings. The zero-order valence-electron chi connectivity index (χ0n) is 17.7. The van der Waals surface area contributed by atoms with Crippen LogP contribution in [0.15, 0.2) is 48.5 Å². The predicted octanol–water partition coefficient (Wildman–Crippen LogP) is 2.66. The van der Waals surface area contributed by atoms with Crippen molar-refractivity contribution in [2.24, 2.45) is 0 Å². The third-order valence-corrected chi connectivity index (χ3v) is 6.56. The van der Waals surface area contributed by atoms with Gasteiger partial charge in [0.2, 0.25) is 11.8 Å². The quantitative estimate of drug-likeness (QED) is 0.826. The highest BCUT2D eigenvalue weighted by atomic mass is 16.5. The van der Waals surface area contributed by atoms with E-state index in [-0.39, 0.29) is 30.4 Å². The molecule has 4 rings (SSSR count). The van der Waals surface area contributed by atoms with Crippen LogP contribution >= 0.6 is 0 Å². The molecule has 2 aliphatic rings. The lowest BCUT2D eigenvalue weighted by Crippen LogP contribution is -2.85. The first kappa shape index (κ1) is 20.4. The molecule has 2 aliphatic heterocycles. The van der Waals surface area contributed by atoms with Crippen LogP contribution in [-0.4, -0.2) is 65.1 Å². The van der Waals surface area contributed by atoms with Crippen molar-refractivity contribution >= 4 is 11.8 Å². The van der Waals surface area contributed by atoms with Crippen molar-refractivity contribution in [3.63, 3.8) is 0 Å². The van der Waals surface area contributed by atoms with Crippen LogP contribution in [0.5, 0.6) is 5.75 Å². The van der Waals surface area contributed by atoms with Crippen molar-refractivity contribution in [3.8, 4) is 16.9 Å². The number of aliphatic hydroxyl groups excluding tert-OH is 1. The number of carbonyl (C=O) groups excluding carboxylic acids is 2. The lowest BCUT2D eigenvalue weighted by Gasteiger charge is -2.70. The molecule has 6 nitrogen and oxygen atoms in total. The summed E-state index contributed by atoms with van der Waals surface area (Å²) in [5, 5.41) is 10.0. The highest BCUT2D eigenvalue weighted by molar-refractivity contribution is 5.81. The molecule has 30 heavy (non-hydrogen) atoms. The molecule has 2 heterocycles. The number of carbonyl (C=O) groups is 2. The van der Waals surface area contributed by atoms with Gasteiger partial charge in [-0.15, -0.1) is 0 Å². The van der Waals surface area contributed by atoms with Crippen molar-refractivity contribution in [2.45, 2.75) is 37.8 Å². The van der Waals surface area contributed by atoms with Gasteiger partial charge in [0, 0.05) is 32.4 Å².